The second kappa shape index (κ2) is 1.38. The number of fused-ring (bicyclic) bond motifs is 1. The second-order valence-electron chi connectivity index (χ2n) is 2.80. The standard InChI is InChI=1S/C7H8O2/c8-7(9)5-2-1-4-3-6(4)5/h2,4,6H,1,3H2,(H,8,9). The van der Waals surface area contributed by atoms with Crippen molar-refractivity contribution in [2.24, 2.45) is 11.8 Å². The molecule has 0 bridgehead atoms. The Labute approximate surface area is 53.2 Å². The number of allylic oxidation sites excluding steroid dienone is 1. The molecule has 2 unspecified atom stereocenters. The minimum absolute atomic E-state index is 0.433. The van der Waals surface area contributed by atoms with Crippen molar-refractivity contribution in [2.75, 3.05) is 0 Å². The van der Waals surface area contributed by atoms with Gasteiger partial charge in [-0.25, -0.2) is 4.79 Å². The Morgan fingerprint density at radius 3 is 2.78 bits per heavy atom. The molecule has 1 saturated carbocycles. The van der Waals surface area contributed by atoms with Gasteiger partial charge in [0.1, 0.15) is 0 Å². The Bertz CT molecular complexity index is 193. The summed E-state index contributed by atoms with van der Waals surface area (Å²) in [5.74, 6) is 0.429. The van der Waals surface area contributed by atoms with Crippen molar-refractivity contribution in [1.82, 2.24) is 0 Å². The van der Waals surface area contributed by atoms with Gasteiger partial charge in [-0.1, -0.05) is 6.08 Å². The lowest BCUT2D eigenvalue weighted by atomic mass is 10.2. The van der Waals surface area contributed by atoms with Crippen molar-refractivity contribution < 1.29 is 9.90 Å². The maximum Gasteiger partial charge on any atom is 0.331 e. The van der Waals surface area contributed by atoms with Crippen molar-refractivity contribution in [3.63, 3.8) is 0 Å². The third-order valence-corrected chi connectivity index (χ3v) is 2.21. The van der Waals surface area contributed by atoms with Crippen LogP contribution in [-0.4, -0.2) is 11.1 Å². The van der Waals surface area contributed by atoms with Crippen LogP contribution >= 0.6 is 0 Å². The van der Waals surface area contributed by atoms with Crippen LogP contribution in [0.2, 0.25) is 0 Å². The van der Waals surface area contributed by atoms with E-state index in [9.17, 15) is 4.79 Å². The molecule has 1 fully saturated rings. The Hall–Kier alpha value is -0.790. The van der Waals surface area contributed by atoms with Crippen LogP contribution in [0.1, 0.15) is 12.8 Å². The largest absolute Gasteiger partial charge is 0.478 e. The van der Waals surface area contributed by atoms with E-state index in [2.05, 4.69) is 0 Å². The second-order valence-corrected chi connectivity index (χ2v) is 2.80. The molecule has 0 aromatic rings. The van der Waals surface area contributed by atoms with Crippen LogP contribution in [0.15, 0.2) is 11.6 Å². The molecule has 0 amide bonds. The highest BCUT2D eigenvalue weighted by atomic mass is 16.4. The first kappa shape index (κ1) is 5.03. The Balaban J connectivity index is 2.20. The molecule has 48 valence electrons. The van der Waals surface area contributed by atoms with Crippen LogP contribution in [-0.2, 0) is 4.79 Å². The quantitative estimate of drug-likeness (QED) is 0.567. The molecule has 0 aromatic carbocycles. The van der Waals surface area contributed by atoms with Crippen molar-refractivity contribution in [2.45, 2.75) is 12.8 Å². The number of carboxylic acid groups (broad SMARTS) is 1. The number of aliphatic carboxylic acids is 1. The molecule has 0 spiro atoms. The van der Waals surface area contributed by atoms with Gasteiger partial charge >= 0.3 is 5.97 Å². The normalized spacial score (nSPS) is 37.6. The molecule has 0 saturated heterocycles. The van der Waals surface area contributed by atoms with Gasteiger partial charge in [0.2, 0.25) is 0 Å². The fourth-order valence-electron chi connectivity index (χ4n) is 1.56. The highest BCUT2D eigenvalue weighted by Gasteiger charge is 2.45. The van der Waals surface area contributed by atoms with Crippen LogP contribution in [0.25, 0.3) is 0 Å². The zero-order valence-corrected chi connectivity index (χ0v) is 5.00. The predicted octanol–water partition coefficient (Wildman–Crippen LogP) is 1.04. The minimum atomic E-state index is -0.708. The van der Waals surface area contributed by atoms with E-state index in [0.29, 0.717) is 17.4 Å². The molecule has 0 radical (unpaired) electrons. The van der Waals surface area contributed by atoms with Crippen LogP contribution in [0.3, 0.4) is 0 Å². The fourth-order valence-corrected chi connectivity index (χ4v) is 1.56. The summed E-state index contributed by atoms with van der Waals surface area (Å²) in [6.45, 7) is 0. The topological polar surface area (TPSA) is 37.3 Å². The third-order valence-electron chi connectivity index (χ3n) is 2.21. The maximum atomic E-state index is 10.4. The molecule has 2 rings (SSSR count). The summed E-state index contributed by atoms with van der Waals surface area (Å²) in [5, 5.41) is 8.54. The Morgan fingerprint density at radius 1 is 1.78 bits per heavy atom. The van der Waals surface area contributed by atoms with Gasteiger partial charge in [0, 0.05) is 5.57 Å². The molecule has 9 heavy (non-hydrogen) atoms. The first-order valence-corrected chi connectivity index (χ1v) is 3.22. The zero-order chi connectivity index (χ0) is 6.43. The lowest BCUT2D eigenvalue weighted by Gasteiger charge is -1.90. The first-order chi connectivity index (χ1) is 4.29. The number of hydrogen-bond donors (Lipinski definition) is 1. The lowest BCUT2D eigenvalue weighted by molar-refractivity contribution is -0.132. The van der Waals surface area contributed by atoms with E-state index in [-0.39, 0.29) is 0 Å². The van der Waals surface area contributed by atoms with Gasteiger partial charge in [-0.2, -0.15) is 0 Å². The molecule has 1 N–H and O–H groups in total. The SMILES string of the molecule is O=C(O)C1=CCC2CC12. The van der Waals surface area contributed by atoms with Crippen LogP contribution < -0.4 is 0 Å². The monoisotopic (exact) mass is 124 g/mol. The van der Waals surface area contributed by atoms with Crippen LogP contribution in [0, 0.1) is 11.8 Å². The van der Waals surface area contributed by atoms with Crippen LogP contribution in [0.4, 0.5) is 0 Å². The number of hydrogen-bond acceptors (Lipinski definition) is 1. The number of carboxylic acids is 1. The van der Waals surface area contributed by atoms with E-state index < -0.39 is 5.97 Å². The average Bonchev–Trinajstić information content (AvgIpc) is 2.43. The predicted molar refractivity (Wildman–Crippen MR) is 31.9 cm³/mol. The summed E-state index contributed by atoms with van der Waals surface area (Å²) in [7, 11) is 0. The van der Waals surface area contributed by atoms with Crippen molar-refractivity contribution in [3.8, 4) is 0 Å². The van der Waals surface area contributed by atoms with Gasteiger partial charge in [0.15, 0.2) is 0 Å². The summed E-state index contributed by atoms with van der Waals surface area (Å²) < 4.78 is 0. The molecule has 2 heteroatoms. The average molecular weight is 124 g/mol. The number of rotatable bonds is 1. The summed E-state index contributed by atoms with van der Waals surface area (Å²) in [6, 6.07) is 0. The fraction of sp³-hybridized carbons (Fsp3) is 0.571. The first-order valence-electron chi connectivity index (χ1n) is 3.22. The summed E-state index contributed by atoms with van der Waals surface area (Å²) >= 11 is 0. The Morgan fingerprint density at radius 2 is 2.56 bits per heavy atom. The van der Waals surface area contributed by atoms with E-state index in [1.54, 1.807) is 0 Å². The minimum Gasteiger partial charge on any atom is -0.478 e. The van der Waals surface area contributed by atoms with E-state index in [4.69, 9.17) is 5.11 Å². The van der Waals surface area contributed by atoms with Gasteiger partial charge in [-0.3, -0.25) is 0 Å². The summed E-state index contributed by atoms with van der Waals surface area (Å²) in [4.78, 5) is 10.4. The van der Waals surface area contributed by atoms with Gasteiger partial charge in [0.05, 0.1) is 0 Å². The van der Waals surface area contributed by atoms with Gasteiger partial charge in [-0.15, -0.1) is 0 Å². The van der Waals surface area contributed by atoms with E-state index in [1.807, 2.05) is 6.08 Å². The van der Waals surface area contributed by atoms with E-state index in [1.165, 1.54) is 0 Å². The van der Waals surface area contributed by atoms with Gasteiger partial charge in [-0.05, 0) is 24.7 Å². The molecule has 0 aliphatic heterocycles. The smallest absolute Gasteiger partial charge is 0.331 e. The molecule has 2 aliphatic carbocycles. The number of carbonyl (C=O) groups is 1. The zero-order valence-electron chi connectivity index (χ0n) is 5.00. The van der Waals surface area contributed by atoms with Crippen molar-refractivity contribution >= 4 is 5.97 Å². The van der Waals surface area contributed by atoms with Crippen molar-refractivity contribution in [1.29, 1.82) is 0 Å². The molecular weight excluding hydrogens is 116 g/mol. The Kier molecular flexibility index (Phi) is 0.770. The highest BCUT2D eigenvalue weighted by Crippen LogP contribution is 2.51. The van der Waals surface area contributed by atoms with Gasteiger partial charge in [0.25, 0.3) is 0 Å². The lowest BCUT2D eigenvalue weighted by Crippen LogP contribution is -1.99. The maximum absolute atomic E-state index is 10.4. The molecule has 0 aromatic heterocycles. The molecule has 2 nitrogen and oxygen atoms in total. The van der Waals surface area contributed by atoms with Gasteiger partial charge < -0.3 is 5.11 Å². The molecule has 2 aliphatic rings. The molecule has 0 heterocycles. The third kappa shape index (κ3) is 0.590. The molecule has 2 atom stereocenters. The van der Waals surface area contributed by atoms with Crippen molar-refractivity contribution in [3.05, 3.63) is 11.6 Å². The van der Waals surface area contributed by atoms with Crippen LogP contribution in [0.5, 0.6) is 0 Å². The summed E-state index contributed by atoms with van der Waals surface area (Å²) in [5.41, 5.74) is 0.667. The molecular formula is C7H8O2. The summed E-state index contributed by atoms with van der Waals surface area (Å²) in [6.07, 6.45) is 3.99. The van der Waals surface area contributed by atoms with E-state index in [0.717, 1.165) is 12.8 Å². The highest BCUT2D eigenvalue weighted by molar-refractivity contribution is 5.88. The van der Waals surface area contributed by atoms with E-state index >= 15 is 0 Å².